The fraction of sp³-hybridized carbons (Fsp3) is 0.417. The van der Waals surface area contributed by atoms with Gasteiger partial charge >= 0.3 is 5.97 Å². The molecule has 0 spiro atoms. The van der Waals surface area contributed by atoms with Crippen LogP contribution in [0.4, 0.5) is 0 Å². The van der Waals surface area contributed by atoms with E-state index in [1.54, 1.807) is 24.3 Å². The van der Waals surface area contributed by atoms with E-state index < -0.39 is 17.9 Å². The van der Waals surface area contributed by atoms with Gasteiger partial charge in [0, 0.05) is 12.5 Å². The molecule has 4 N–H and O–H groups in total. The van der Waals surface area contributed by atoms with E-state index in [9.17, 15) is 4.79 Å². The average Bonchev–Trinajstić information content (AvgIpc) is 2.35. The molecule has 0 bridgehead atoms. The summed E-state index contributed by atoms with van der Waals surface area (Å²) in [4.78, 5) is 10.9. The highest BCUT2D eigenvalue weighted by Crippen LogP contribution is 2.30. The molecule has 1 aromatic rings. The number of methoxy groups -OCH3 is 1. The van der Waals surface area contributed by atoms with Gasteiger partial charge < -0.3 is 20.7 Å². The molecule has 5 nitrogen and oxygen atoms in total. The normalized spacial score (nSPS) is 14.1. The first-order valence-electron chi connectivity index (χ1n) is 5.34. The van der Waals surface area contributed by atoms with Crippen molar-refractivity contribution < 1.29 is 19.7 Å². The summed E-state index contributed by atoms with van der Waals surface area (Å²) in [5, 5.41) is 18.0. The van der Waals surface area contributed by atoms with E-state index in [0.717, 1.165) is 0 Å². The van der Waals surface area contributed by atoms with Gasteiger partial charge in [0.15, 0.2) is 0 Å². The monoisotopic (exact) mass is 239 g/mol. The van der Waals surface area contributed by atoms with E-state index in [4.69, 9.17) is 20.7 Å². The van der Waals surface area contributed by atoms with E-state index in [0.29, 0.717) is 11.3 Å². The Morgan fingerprint density at radius 2 is 2.12 bits per heavy atom. The van der Waals surface area contributed by atoms with Gasteiger partial charge in [-0.15, -0.1) is 0 Å². The number of ether oxygens (including phenoxy) is 1. The van der Waals surface area contributed by atoms with Gasteiger partial charge in [-0.1, -0.05) is 18.2 Å². The number of carboxylic acid groups (broad SMARTS) is 1. The van der Waals surface area contributed by atoms with Crippen LogP contribution in [-0.2, 0) is 4.79 Å². The fourth-order valence-corrected chi connectivity index (χ4v) is 1.81. The summed E-state index contributed by atoms with van der Waals surface area (Å²) >= 11 is 0. The van der Waals surface area contributed by atoms with Crippen LogP contribution in [-0.4, -0.2) is 35.9 Å². The van der Waals surface area contributed by atoms with Crippen molar-refractivity contribution in [3.05, 3.63) is 29.8 Å². The van der Waals surface area contributed by atoms with Crippen LogP contribution in [0, 0.1) is 0 Å². The van der Waals surface area contributed by atoms with E-state index in [2.05, 4.69) is 0 Å². The molecule has 1 aromatic carbocycles. The second-order valence-corrected chi connectivity index (χ2v) is 3.72. The molecule has 0 aliphatic heterocycles. The lowest BCUT2D eigenvalue weighted by Crippen LogP contribution is -2.37. The van der Waals surface area contributed by atoms with E-state index >= 15 is 0 Å². The molecule has 0 aliphatic carbocycles. The zero-order valence-corrected chi connectivity index (χ0v) is 9.67. The van der Waals surface area contributed by atoms with Crippen LogP contribution in [0.5, 0.6) is 5.75 Å². The Hall–Kier alpha value is -1.59. The molecule has 0 unspecified atom stereocenters. The maximum atomic E-state index is 10.9. The van der Waals surface area contributed by atoms with Gasteiger partial charge in [-0.2, -0.15) is 0 Å². The fourth-order valence-electron chi connectivity index (χ4n) is 1.81. The first-order chi connectivity index (χ1) is 8.11. The average molecular weight is 239 g/mol. The summed E-state index contributed by atoms with van der Waals surface area (Å²) in [6.07, 6.45) is 0.286. The minimum absolute atomic E-state index is 0.121. The molecule has 0 fully saturated rings. The maximum Gasteiger partial charge on any atom is 0.321 e. The standard InChI is InChI=1S/C12H17NO4/c1-17-10-5-3-2-4-8(10)9(6-7-14)11(13)12(15)16/h2-5,9,11,14H,6-7,13H2,1H3,(H,15,16)/t9-,11+/m0/s1. The van der Waals surface area contributed by atoms with Gasteiger partial charge in [0.1, 0.15) is 11.8 Å². The van der Waals surface area contributed by atoms with Crippen LogP contribution in [0.1, 0.15) is 17.9 Å². The number of benzene rings is 1. The minimum Gasteiger partial charge on any atom is -0.496 e. The number of aliphatic hydroxyl groups excluding tert-OH is 1. The lowest BCUT2D eigenvalue weighted by atomic mass is 9.88. The first kappa shape index (κ1) is 13.5. The van der Waals surface area contributed by atoms with Crippen molar-refractivity contribution in [1.82, 2.24) is 0 Å². The molecule has 5 heteroatoms. The molecule has 94 valence electrons. The van der Waals surface area contributed by atoms with Crippen molar-refractivity contribution in [3.8, 4) is 5.75 Å². The van der Waals surface area contributed by atoms with Gasteiger partial charge in [0.2, 0.25) is 0 Å². The number of aliphatic hydroxyl groups is 1. The predicted octanol–water partition coefficient (Wildman–Crippen LogP) is 0.573. The van der Waals surface area contributed by atoms with Crippen molar-refractivity contribution in [2.75, 3.05) is 13.7 Å². The number of aliphatic carboxylic acids is 1. The third kappa shape index (κ3) is 3.18. The second-order valence-electron chi connectivity index (χ2n) is 3.72. The van der Waals surface area contributed by atoms with Crippen LogP contribution in [0.25, 0.3) is 0 Å². The third-order valence-electron chi connectivity index (χ3n) is 2.70. The Balaban J connectivity index is 3.08. The zero-order valence-electron chi connectivity index (χ0n) is 9.67. The highest BCUT2D eigenvalue weighted by molar-refractivity contribution is 5.75. The van der Waals surface area contributed by atoms with Crippen LogP contribution < -0.4 is 10.5 Å². The maximum absolute atomic E-state index is 10.9. The summed E-state index contributed by atoms with van der Waals surface area (Å²) in [5.41, 5.74) is 6.34. The van der Waals surface area contributed by atoms with E-state index in [1.807, 2.05) is 0 Å². The molecule has 0 amide bonds. The molecular formula is C12H17NO4. The van der Waals surface area contributed by atoms with Crippen molar-refractivity contribution in [1.29, 1.82) is 0 Å². The molecule has 1 rings (SSSR count). The third-order valence-corrected chi connectivity index (χ3v) is 2.70. The number of para-hydroxylation sites is 1. The predicted molar refractivity (Wildman–Crippen MR) is 63.0 cm³/mol. The summed E-state index contributed by atoms with van der Waals surface area (Å²) in [6, 6.07) is 6.04. The summed E-state index contributed by atoms with van der Waals surface area (Å²) < 4.78 is 5.17. The van der Waals surface area contributed by atoms with Gasteiger partial charge in [0.05, 0.1) is 7.11 Å². The first-order valence-corrected chi connectivity index (χ1v) is 5.34. The van der Waals surface area contributed by atoms with Crippen molar-refractivity contribution in [2.24, 2.45) is 5.73 Å². The Morgan fingerprint density at radius 3 is 2.65 bits per heavy atom. The number of hydrogen-bond acceptors (Lipinski definition) is 4. The van der Waals surface area contributed by atoms with E-state index in [-0.39, 0.29) is 13.0 Å². The Labute approximate surface area is 99.8 Å². The van der Waals surface area contributed by atoms with Gasteiger partial charge in [-0.05, 0) is 18.1 Å². The lowest BCUT2D eigenvalue weighted by Gasteiger charge is -2.22. The Kier molecular flexibility index (Phi) is 4.93. The number of rotatable bonds is 6. The molecule has 0 saturated carbocycles. The molecule has 0 aromatic heterocycles. The minimum atomic E-state index is -1.09. The molecule has 0 aliphatic rings. The SMILES string of the molecule is COc1ccccc1[C@H](CCO)[C@@H](N)C(=O)O. The summed E-state index contributed by atoms with van der Waals surface area (Å²) in [5.74, 6) is -0.967. The second kappa shape index (κ2) is 6.22. The van der Waals surface area contributed by atoms with Crippen LogP contribution in [0.15, 0.2) is 24.3 Å². The molecule has 0 heterocycles. The highest BCUT2D eigenvalue weighted by Gasteiger charge is 2.27. The van der Waals surface area contributed by atoms with Gasteiger partial charge in [-0.25, -0.2) is 0 Å². The zero-order chi connectivity index (χ0) is 12.8. The summed E-state index contributed by atoms with van der Waals surface area (Å²) in [7, 11) is 1.52. The van der Waals surface area contributed by atoms with E-state index in [1.165, 1.54) is 7.11 Å². The smallest absolute Gasteiger partial charge is 0.321 e. The van der Waals surface area contributed by atoms with Crippen LogP contribution in [0.3, 0.4) is 0 Å². The van der Waals surface area contributed by atoms with Crippen LogP contribution in [0.2, 0.25) is 0 Å². The lowest BCUT2D eigenvalue weighted by molar-refractivity contribution is -0.139. The van der Waals surface area contributed by atoms with Crippen molar-refractivity contribution in [3.63, 3.8) is 0 Å². The number of carboxylic acids is 1. The molecule has 0 saturated heterocycles. The molecule has 0 radical (unpaired) electrons. The quantitative estimate of drug-likeness (QED) is 0.675. The summed E-state index contributed by atoms with van der Waals surface area (Å²) in [6.45, 7) is -0.121. The molecule has 17 heavy (non-hydrogen) atoms. The Morgan fingerprint density at radius 1 is 1.47 bits per heavy atom. The highest BCUT2D eigenvalue weighted by atomic mass is 16.5. The molecular weight excluding hydrogens is 222 g/mol. The Bertz CT molecular complexity index is 381. The van der Waals surface area contributed by atoms with Crippen molar-refractivity contribution in [2.45, 2.75) is 18.4 Å². The topological polar surface area (TPSA) is 92.8 Å². The number of hydrogen-bond donors (Lipinski definition) is 3. The molecule has 2 atom stereocenters. The number of carbonyl (C=O) groups is 1. The van der Waals surface area contributed by atoms with Crippen LogP contribution >= 0.6 is 0 Å². The number of nitrogens with two attached hydrogens (primary N) is 1. The van der Waals surface area contributed by atoms with Crippen molar-refractivity contribution >= 4 is 5.97 Å². The van der Waals surface area contributed by atoms with Gasteiger partial charge in [0.25, 0.3) is 0 Å². The van der Waals surface area contributed by atoms with Gasteiger partial charge in [-0.3, -0.25) is 4.79 Å². The largest absolute Gasteiger partial charge is 0.496 e.